The SMILES string of the molecule is CC(C)CC(CN(C)C)c1ccccc1. The average molecular weight is 205 g/mol. The van der Waals surface area contributed by atoms with Crippen LogP contribution in [0.15, 0.2) is 30.3 Å². The Bertz CT molecular complexity index is 254. The Labute approximate surface area is 94.1 Å². The lowest BCUT2D eigenvalue weighted by atomic mass is 9.90. The Morgan fingerprint density at radius 1 is 1.07 bits per heavy atom. The smallest absolute Gasteiger partial charge is 0.00443 e. The number of rotatable bonds is 5. The Morgan fingerprint density at radius 3 is 2.13 bits per heavy atom. The molecule has 1 heteroatoms. The topological polar surface area (TPSA) is 3.24 Å². The lowest BCUT2D eigenvalue weighted by Crippen LogP contribution is -2.21. The van der Waals surface area contributed by atoms with E-state index in [1.807, 2.05) is 0 Å². The van der Waals surface area contributed by atoms with Crippen LogP contribution in [0.1, 0.15) is 31.7 Å². The summed E-state index contributed by atoms with van der Waals surface area (Å²) in [5.41, 5.74) is 1.47. The van der Waals surface area contributed by atoms with Gasteiger partial charge in [-0.05, 0) is 37.9 Å². The van der Waals surface area contributed by atoms with E-state index in [1.54, 1.807) is 0 Å². The first-order chi connectivity index (χ1) is 7.09. The summed E-state index contributed by atoms with van der Waals surface area (Å²) >= 11 is 0. The molecule has 1 unspecified atom stereocenters. The summed E-state index contributed by atoms with van der Waals surface area (Å²) in [5, 5.41) is 0. The van der Waals surface area contributed by atoms with Crippen molar-refractivity contribution in [3.05, 3.63) is 35.9 Å². The van der Waals surface area contributed by atoms with Crippen molar-refractivity contribution in [3.63, 3.8) is 0 Å². The van der Waals surface area contributed by atoms with Gasteiger partial charge >= 0.3 is 0 Å². The molecule has 1 atom stereocenters. The molecule has 1 aromatic rings. The molecule has 0 N–H and O–H groups in total. The molecule has 0 spiro atoms. The lowest BCUT2D eigenvalue weighted by Gasteiger charge is -2.23. The van der Waals surface area contributed by atoms with Gasteiger partial charge in [0.05, 0.1) is 0 Å². The normalized spacial score (nSPS) is 13.5. The van der Waals surface area contributed by atoms with Crippen LogP contribution in [0.4, 0.5) is 0 Å². The molecule has 1 aromatic carbocycles. The second kappa shape index (κ2) is 5.92. The molecular weight excluding hydrogens is 182 g/mol. The zero-order chi connectivity index (χ0) is 11.3. The molecule has 1 nitrogen and oxygen atoms in total. The van der Waals surface area contributed by atoms with Gasteiger partial charge in [-0.2, -0.15) is 0 Å². The highest BCUT2D eigenvalue weighted by atomic mass is 15.1. The van der Waals surface area contributed by atoms with Gasteiger partial charge in [-0.1, -0.05) is 44.2 Å². The van der Waals surface area contributed by atoms with Gasteiger partial charge in [-0.15, -0.1) is 0 Å². The number of hydrogen-bond acceptors (Lipinski definition) is 1. The average Bonchev–Trinajstić information content (AvgIpc) is 2.17. The Balaban J connectivity index is 2.72. The van der Waals surface area contributed by atoms with E-state index in [4.69, 9.17) is 0 Å². The molecule has 0 bridgehead atoms. The summed E-state index contributed by atoms with van der Waals surface area (Å²) in [6.07, 6.45) is 1.27. The summed E-state index contributed by atoms with van der Waals surface area (Å²) in [5.74, 6) is 1.43. The van der Waals surface area contributed by atoms with E-state index in [2.05, 4.69) is 63.2 Å². The maximum atomic E-state index is 2.30. The van der Waals surface area contributed by atoms with Crippen LogP contribution >= 0.6 is 0 Å². The van der Waals surface area contributed by atoms with E-state index >= 15 is 0 Å². The van der Waals surface area contributed by atoms with Crippen molar-refractivity contribution in [2.75, 3.05) is 20.6 Å². The van der Waals surface area contributed by atoms with Crippen molar-refractivity contribution < 1.29 is 0 Å². The van der Waals surface area contributed by atoms with Crippen LogP contribution in [0.2, 0.25) is 0 Å². The zero-order valence-electron chi connectivity index (χ0n) is 10.4. The third kappa shape index (κ3) is 4.48. The van der Waals surface area contributed by atoms with Crippen molar-refractivity contribution in [1.82, 2.24) is 4.90 Å². The Kier molecular flexibility index (Phi) is 4.83. The first kappa shape index (κ1) is 12.3. The van der Waals surface area contributed by atoms with Crippen molar-refractivity contribution in [2.45, 2.75) is 26.2 Å². The number of likely N-dealkylation sites (N-methyl/N-ethyl adjacent to an activating group) is 1. The molecule has 0 aliphatic heterocycles. The summed E-state index contributed by atoms with van der Waals surface area (Å²) < 4.78 is 0. The molecule has 0 radical (unpaired) electrons. The van der Waals surface area contributed by atoms with Crippen LogP contribution in [0.3, 0.4) is 0 Å². The molecule has 0 aromatic heterocycles. The lowest BCUT2D eigenvalue weighted by molar-refractivity contribution is 0.344. The van der Waals surface area contributed by atoms with E-state index in [1.165, 1.54) is 12.0 Å². The summed E-state index contributed by atoms with van der Waals surface area (Å²) in [7, 11) is 4.30. The predicted molar refractivity (Wildman–Crippen MR) is 67.2 cm³/mol. The molecule has 1 rings (SSSR count). The monoisotopic (exact) mass is 205 g/mol. The van der Waals surface area contributed by atoms with E-state index in [9.17, 15) is 0 Å². The maximum Gasteiger partial charge on any atom is 0.00443 e. The quantitative estimate of drug-likeness (QED) is 0.712. The fourth-order valence-corrected chi connectivity index (χ4v) is 2.05. The molecular formula is C14H23N. The highest BCUT2D eigenvalue weighted by molar-refractivity contribution is 5.19. The number of nitrogens with zero attached hydrogens (tertiary/aromatic N) is 1. The largest absolute Gasteiger partial charge is 0.309 e. The second-order valence-electron chi connectivity index (χ2n) is 5.00. The maximum absolute atomic E-state index is 2.30. The van der Waals surface area contributed by atoms with Crippen molar-refractivity contribution in [2.24, 2.45) is 5.92 Å². The minimum atomic E-state index is 0.668. The summed E-state index contributed by atoms with van der Waals surface area (Å²) in [4.78, 5) is 2.28. The molecule has 0 heterocycles. The zero-order valence-corrected chi connectivity index (χ0v) is 10.4. The molecule has 15 heavy (non-hydrogen) atoms. The molecule has 0 aliphatic rings. The van der Waals surface area contributed by atoms with Gasteiger partial charge < -0.3 is 4.90 Å². The molecule has 0 amide bonds. The van der Waals surface area contributed by atoms with Gasteiger partial charge in [0.25, 0.3) is 0 Å². The molecule has 0 fully saturated rings. The Hall–Kier alpha value is -0.820. The van der Waals surface area contributed by atoms with Gasteiger partial charge in [-0.3, -0.25) is 0 Å². The van der Waals surface area contributed by atoms with Gasteiger partial charge in [0.1, 0.15) is 0 Å². The fraction of sp³-hybridized carbons (Fsp3) is 0.571. The highest BCUT2D eigenvalue weighted by Crippen LogP contribution is 2.23. The standard InChI is InChI=1S/C14H23N/c1-12(2)10-14(11-15(3)4)13-8-6-5-7-9-13/h5-9,12,14H,10-11H2,1-4H3. The Morgan fingerprint density at radius 2 is 1.67 bits per heavy atom. The fourth-order valence-electron chi connectivity index (χ4n) is 2.05. The van der Waals surface area contributed by atoms with Crippen molar-refractivity contribution in [3.8, 4) is 0 Å². The molecule has 0 saturated carbocycles. The van der Waals surface area contributed by atoms with Gasteiger partial charge in [-0.25, -0.2) is 0 Å². The summed E-state index contributed by atoms with van der Waals surface area (Å²) in [6.45, 7) is 5.74. The van der Waals surface area contributed by atoms with Crippen LogP contribution < -0.4 is 0 Å². The van der Waals surface area contributed by atoms with Crippen LogP contribution in [0.25, 0.3) is 0 Å². The minimum Gasteiger partial charge on any atom is -0.309 e. The van der Waals surface area contributed by atoms with E-state index in [0.29, 0.717) is 5.92 Å². The highest BCUT2D eigenvalue weighted by Gasteiger charge is 2.13. The molecule has 0 aliphatic carbocycles. The van der Waals surface area contributed by atoms with E-state index in [0.717, 1.165) is 12.5 Å². The third-order valence-corrected chi connectivity index (χ3v) is 2.61. The van der Waals surface area contributed by atoms with Crippen molar-refractivity contribution >= 4 is 0 Å². The van der Waals surface area contributed by atoms with Crippen molar-refractivity contribution in [1.29, 1.82) is 0 Å². The van der Waals surface area contributed by atoms with Gasteiger partial charge in [0.15, 0.2) is 0 Å². The first-order valence-corrected chi connectivity index (χ1v) is 5.79. The number of hydrogen-bond donors (Lipinski definition) is 0. The third-order valence-electron chi connectivity index (χ3n) is 2.61. The van der Waals surface area contributed by atoms with Crippen LogP contribution in [0, 0.1) is 5.92 Å². The minimum absolute atomic E-state index is 0.668. The molecule has 0 saturated heterocycles. The van der Waals surface area contributed by atoms with Crippen LogP contribution in [-0.4, -0.2) is 25.5 Å². The number of benzene rings is 1. The predicted octanol–water partition coefficient (Wildman–Crippen LogP) is 3.38. The van der Waals surface area contributed by atoms with Crippen LogP contribution in [-0.2, 0) is 0 Å². The van der Waals surface area contributed by atoms with Crippen LogP contribution in [0.5, 0.6) is 0 Å². The van der Waals surface area contributed by atoms with Gasteiger partial charge in [0.2, 0.25) is 0 Å². The van der Waals surface area contributed by atoms with E-state index < -0.39 is 0 Å². The second-order valence-corrected chi connectivity index (χ2v) is 5.00. The summed E-state index contributed by atoms with van der Waals surface area (Å²) in [6, 6.07) is 10.9. The molecule has 84 valence electrons. The first-order valence-electron chi connectivity index (χ1n) is 5.79. The van der Waals surface area contributed by atoms with Gasteiger partial charge in [0, 0.05) is 6.54 Å². The van der Waals surface area contributed by atoms with E-state index in [-0.39, 0.29) is 0 Å².